The molecule has 0 bridgehead atoms. The average Bonchev–Trinajstić information content (AvgIpc) is 2.90. The first-order valence-corrected chi connectivity index (χ1v) is 6.46. The van der Waals surface area contributed by atoms with E-state index >= 15 is 0 Å². The van der Waals surface area contributed by atoms with E-state index in [-0.39, 0.29) is 0 Å². The summed E-state index contributed by atoms with van der Waals surface area (Å²) in [6.45, 7) is 6.73. The van der Waals surface area contributed by atoms with Gasteiger partial charge in [0.2, 0.25) is 0 Å². The van der Waals surface area contributed by atoms with Crippen LogP contribution in [0.15, 0.2) is 12.4 Å². The van der Waals surface area contributed by atoms with Gasteiger partial charge in [-0.2, -0.15) is 5.26 Å². The van der Waals surface area contributed by atoms with Crippen molar-refractivity contribution in [1.82, 2.24) is 14.9 Å². The second-order valence-corrected chi connectivity index (χ2v) is 4.89. The van der Waals surface area contributed by atoms with Gasteiger partial charge in [-0.3, -0.25) is 0 Å². The lowest BCUT2D eigenvalue weighted by Gasteiger charge is -2.20. The van der Waals surface area contributed by atoms with Crippen molar-refractivity contribution in [3.05, 3.63) is 18.1 Å². The zero-order valence-corrected chi connectivity index (χ0v) is 10.8. The van der Waals surface area contributed by atoms with Crippen LogP contribution in [0.25, 0.3) is 0 Å². The van der Waals surface area contributed by atoms with Gasteiger partial charge in [0.05, 0.1) is 12.4 Å². The number of nitrogens with zero attached hydrogens (tertiary/aromatic N) is 4. The van der Waals surface area contributed by atoms with Crippen LogP contribution in [0.1, 0.15) is 25.5 Å². The third-order valence-electron chi connectivity index (χ3n) is 3.17. The Morgan fingerprint density at radius 3 is 2.78 bits per heavy atom. The highest BCUT2D eigenvalue weighted by Gasteiger charge is 2.14. The number of rotatable bonds is 5. The summed E-state index contributed by atoms with van der Waals surface area (Å²) in [4.78, 5) is 10.6. The Hall–Kier alpha value is -1.67. The summed E-state index contributed by atoms with van der Waals surface area (Å²) in [5, 5.41) is 11.9. The second-order valence-electron chi connectivity index (χ2n) is 4.89. The van der Waals surface area contributed by atoms with Crippen LogP contribution in [0, 0.1) is 17.2 Å². The molecule has 1 aliphatic rings. The minimum atomic E-state index is 0.352. The Bertz CT molecular complexity index is 402. The molecule has 0 spiro atoms. The summed E-state index contributed by atoms with van der Waals surface area (Å²) in [6, 6.07) is 1.96. The van der Waals surface area contributed by atoms with Crippen LogP contribution < -0.4 is 5.32 Å². The van der Waals surface area contributed by atoms with Crippen LogP contribution in [-0.4, -0.2) is 41.0 Å². The summed E-state index contributed by atoms with van der Waals surface area (Å²) in [5.41, 5.74) is 0.352. The lowest BCUT2D eigenvalue weighted by atomic mass is 10.1. The van der Waals surface area contributed by atoms with E-state index < -0.39 is 0 Å². The average molecular weight is 245 g/mol. The number of nitrogens with one attached hydrogen (secondary N) is 1. The van der Waals surface area contributed by atoms with Crippen molar-refractivity contribution in [2.45, 2.75) is 19.8 Å². The summed E-state index contributed by atoms with van der Waals surface area (Å²) >= 11 is 0. The van der Waals surface area contributed by atoms with Gasteiger partial charge in [-0.25, -0.2) is 9.97 Å². The van der Waals surface area contributed by atoms with Crippen molar-refractivity contribution in [1.29, 1.82) is 5.26 Å². The van der Waals surface area contributed by atoms with Gasteiger partial charge in [0.25, 0.3) is 0 Å². The van der Waals surface area contributed by atoms with Crippen LogP contribution in [0.4, 0.5) is 5.82 Å². The van der Waals surface area contributed by atoms with Gasteiger partial charge in [-0.05, 0) is 31.8 Å². The fourth-order valence-corrected chi connectivity index (χ4v) is 2.23. The van der Waals surface area contributed by atoms with E-state index in [1.165, 1.54) is 32.1 Å². The first kappa shape index (κ1) is 12.8. The van der Waals surface area contributed by atoms with E-state index in [1.807, 2.05) is 6.07 Å². The van der Waals surface area contributed by atoms with Crippen LogP contribution in [0.2, 0.25) is 0 Å². The highest BCUT2D eigenvalue weighted by atomic mass is 15.1. The zero-order chi connectivity index (χ0) is 12.8. The van der Waals surface area contributed by atoms with E-state index in [4.69, 9.17) is 5.26 Å². The maximum absolute atomic E-state index is 8.63. The monoisotopic (exact) mass is 245 g/mol. The number of hydrogen-bond acceptors (Lipinski definition) is 5. The topological polar surface area (TPSA) is 64.8 Å². The van der Waals surface area contributed by atoms with Gasteiger partial charge in [0.1, 0.15) is 11.9 Å². The molecule has 1 aromatic rings. The summed E-state index contributed by atoms with van der Waals surface area (Å²) in [7, 11) is 0. The lowest BCUT2D eigenvalue weighted by Crippen LogP contribution is -2.29. The molecule has 2 rings (SSSR count). The number of anilines is 1. The Kier molecular flexibility index (Phi) is 4.48. The SMILES string of the molecule is CC(CNc1cnc(C#N)cn1)CN1CCCC1. The standard InChI is InChI=1S/C13H19N5/c1-11(10-18-4-2-3-5-18)7-16-13-9-15-12(6-14)8-17-13/h8-9,11H,2-5,7,10H2,1H3,(H,16,17). The fourth-order valence-electron chi connectivity index (χ4n) is 2.23. The zero-order valence-electron chi connectivity index (χ0n) is 10.8. The molecule has 0 saturated carbocycles. The van der Waals surface area contributed by atoms with Crippen molar-refractivity contribution in [3.8, 4) is 6.07 Å². The maximum atomic E-state index is 8.63. The molecule has 1 saturated heterocycles. The Balaban J connectivity index is 1.74. The number of hydrogen-bond donors (Lipinski definition) is 1. The smallest absolute Gasteiger partial charge is 0.158 e. The molecular formula is C13H19N5. The number of nitriles is 1. The number of aromatic nitrogens is 2. The van der Waals surface area contributed by atoms with Crippen molar-refractivity contribution in [2.24, 2.45) is 5.92 Å². The Morgan fingerprint density at radius 1 is 1.39 bits per heavy atom. The lowest BCUT2D eigenvalue weighted by molar-refractivity contribution is 0.294. The highest BCUT2D eigenvalue weighted by molar-refractivity contribution is 5.33. The molecule has 5 heteroatoms. The Morgan fingerprint density at radius 2 is 2.17 bits per heavy atom. The molecule has 1 aromatic heterocycles. The van der Waals surface area contributed by atoms with Gasteiger partial charge in [0.15, 0.2) is 5.69 Å². The molecule has 0 radical (unpaired) electrons. The molecule has 18 heavy (non-hydrogen) atoms. The van der Waals surface area contributed by atoms with Crippen molar-refractivity contribution in [3.63, 3.8) is 0 Å². The van der Waals surface area contributed by atoms with Gasteiger partial charge < -0.3 is 10.2 Å². The van der Waals surface area contributed by atoms with Crippen molar-refractivity contribution >= 4 is 5.82 Å². The summed E-state index contributed by atoms with van der Waals surface area (Å²) in [5.74, 6) is 1.32. The van der Waals surface area contributed by atoms with Gasteiger partial charge >= 0.3 is 0 Å². The minimum Gasteiger partial charge on any atom is -0.368 e. The fraction of sp³-hybridized carbons (Fsp3) is 0.615. The first-order chi connectivity index (χ1) is 8.78. The third-order valence-corrected chi connectivity index (χ3v) is 3.17. The molecule has 1 unspecified atom stereocenters. The molecule has 0 aromatic carbocycles. The molecular weight excluding hydrogens is 226 g/mol. The van der Waals surface area contributed by atoms with E-state index in [9.17, 15) is 0 Å². The maximum Gasteiger partial charge on any atom is 0.158 e. The Labute approximate surface area is 108 Å². The van der Waals surface area contributed by atoms with Crippen LogP contribution in [0.5, 0.6) is 0 Å². The van der Waals surface area contributed by atoms with Gasteiger partial charge in [-0.1, -0.05) is 6.92 Å². The molecule has 0 aliphatic carbocycles. The predicted octanol–water partition coefficient (Wildman–Crippen LogP) is 1.49. The first-order valence-electron chi connectivity index (χ1n) is 6.46. The van der Waals surface area contributed by atoms with Crippen molar-refractivity contribution < 1.29 is 0 Å². The largest absolute Gasteiger partial charge is 0.368 e. The minimum absolute atomic E-state index is 0.352. The third kappa shape index (κ3) is 3.67. The summed E-state index contributed by atoms with van der Waals surface area (Å²) < 4.78 is 0. The summed E-state index contributed by atoms with van der Waals surface area (Å²) in [6.07, 6.45) is 5.77. The second kappa shape index (κ2) is 6.31. The van der Waals surface area contributed by atoms with Crippen molar-refractivity contribution in [2.75, 3.05) is 31.5 Å². The molecule has 96 valence electrons. The van der Waals surface area contributed by atoms with E-state index in [0.29, 0.717) is 11.6 Å². The quantitative estimate of drug-likeness (QED) is 0.851. The molecule has 1 aliphatic heterocycles. The molecule has 1 atom stereocenters. The number of likely N-dealkylation sites (tertiary alicyclic amines) is 1. The molecule has 1 N–H and O–H groups in total. The molecule has 0 amide bonds. The van der Waals surface area contributed by atoms with Gasteiger partial charge in [-0.15, -0.1) is 0 Å². The van der Waals surface area contributed by atoms with E-state index in [1.54, 1.807) is 6.20 Å². The van der Waals surface area contributed by atoms with E-state index in [2.05, 4.69) is 27.1 Å². The molecule has 2 heterocycles. The predicted molar refractivity (Wildman–Crippen MR) is 70.1 cm³/mol. The van der Waals surface area contributed by atoms with E-state index in [0.717, 1.165) is 18.9 Å². The normalized spacial score (nSPS) is 17.3. The molecule has 1 fully saturated rings. The highest BCUT2D eigenvalue weighted by Crippen LogP contribution is 2.10. The van der Waals surface area contributed by atoms with Crippen LogP contribution in [-0.2, 0) is 0 Å². The van der Waals surface area contributed by atoms with Gasteiger partial charge in [0, 0.05) is 13.1 Å². The van der Waals surface area contributed by atoms with Crippen LogP contribution in [0.3, 0.4) is 0 Å². The van der Waals surface area contributed by atoms with Crippen LogP contribution >= 0.6 is 0 Å². The molecule has 5 nitrogen and oxygen atoms in total.